The predicted molar refractivity (Wildman–Crippen MR) is 105 cm³/mol. The summed E-state index contributed by atoms with van der Waals surface area (Å²) in [4.78, 5) is 25.9. The molecule has 132 valence electrons. The number of carbonyl (C=O) groups is 2. The number of phenols is 1. The Hall–Kier alpha value is -3.46. The van der Waals surface area contributed by atoms with Gasteiger partial charge in [-0.2, -0.15) is 0 Å². The molecule has 1 aliphatic carbocycles. The standard InChI is InChI=1S/C24H18O3/c1-14-10-11-20-23(15(14)2)21(18-8-3-4-9-19(18)24(20)27)13-22(26)16-6-5-7-17(25)12-16/h3-13,25H,1-2H3. The molecule has 0 aromatic heterocycles. The van der Waals surface area contributed by atoms with Crippen molar-refractivity contribution in [3.63, 3.8) is 0 Å². The van der Waals surface area contributed by atoms with Crippen LogP contribution in [0.25, 0.3) is 5.57 Å². The highest BCUT2D eigenvalue weighted by molar-refractivity contribution is 6.22. The zero-order valence-electron chi connectivity index (χ0n) is 15.1. The van der Waals surface area contributed by atoms with Crippen molar-refractivity contribution < 1.29 is 14.7 Å². The lowest BCUT2D eigenvalue weighted by Crippen LogP contribution is -2.16. The number of allylic oxidation sites excluding steroid dienone is 1. The maximum atomic E-state index is 13.0. The van der Waals surface area contributed by atoms with Gasteiger partial charge in [-0.1, -0.05) is 48.5 Å². The van der Waals surface area contributed by atoms with E-state index in [2.05, 4.69) is 0 Å². The first-order valence-corrected chi connectivity index (χ1v) is 8.77. The highest BCUT2D eigenvalue weighted by Gasteiger charge is 2.29. The van der Waals surface area contributed by atoms with Crippen LogP contribution in [0.3, 0.4) is 0 Å². The number of hydrogen-bond donors (Lipinski definition) is 1. The van der Waals surface area contributed by atoms with E-state index in [0.29, 0.717) is 16.7 Å². The summed E-state index contributed by atoms with van der Waals surface area (Å²) >= 11 is 0. The second-order valence-electron chi connectivity index (χ2n) is 6.78. The number of ketones is 2. The molecule has 27 heavy (non-hydrogen) atoms. The van der Waals surface area contributed by atoms with Gasteiger partial charge in [-0.3, -0.25) is 9.59 Å². The Morgan fingerprint density at radius 1 is 0.889 bits per heavy atom. The maximum absolute atomic E-state index is 13.0. The third-order valence-corrected chi connectivity index (χ3v) is 5.12. The minimum Gasteiger partial charge on any atom is -0.508 e. The number of aryl methyl sites for hydroxylation is 1. The van der Waals surface area contributed by atoms with Crippen molar-refractivity contribution in [1.29, 1.82) is 0 Å². The lowest BCUT2D eigenvalue weighted by atomic mass is 9.78. The number of hydrogen-bond acceptors (Lipinski definition) is 3. The maximum Gasteiger partial charge on any atom is 0.194 e. The summed E-state index contributed by atoms with van der Waals surface area (Å²) in [7, 11) is 0. The molecule has 1 aliphatic rings. The van der Waals surface area contributed by atoms with Crippen LogP contribution in [0, 0.1) is 13.8 Å². The van der Waals surface area contributed by atoms with Crippen LogP contribution in [0.1, 0.15) is 48.5 Å². The van der Waals surface area contributed by atoms with E-state index in [0.717, 1.165) is 27.8 Å². The van der Waals surface area contributed by atoms with Crippen molar-refractivity contribution in [2.24, 2.45) is 0 Å². The summed E-state index contributed by atoms with van der Waals surface area (Å²) in [6.07, 6.45) is 1.57. The highest BCUT2D eigenvalue weighted by atomic mass is 16.3. The Kier molecular flexibility index (Phi) is 4.00. The molecule has 3 aromatic rings. The van der Waals surface area contributed by atoms with Gasteiger partial charge < -0.3 is 5.11 Å². The zero-order chi connectivity index (χ0) is 19.1. The SMILES string of the molecule is Cc1ccc2c(c1C)C(=CC(=O)c1cccc(O)c1)c1ccccc1C2=O. The van der Waals surface area contributed by atoms with E-state index in [1.165, 1.54) is 12.1 Å². The van der Waals surface area contributed by atoms with Crippen molar-refractivity contribution in [1.82, 2.24) is 0 Å². The minimum absolute atomic E-state index is 0.0225. The van der Waals surface area contributed by atoms with Crippen LogP contribution in [-0.2, 0) is 0 Å². The Morgan fingerprint density at radius 2 is 1.63 bits per heavy atom. The van der Waals surface area contributed by atoms with Crippen molar-refractivity contribution >= 4 is 17.1 Å². The monoisotopic (exact) mass is 354 g/mol. The molecule has 0 bridgehead atoms. The number of rotatable bonds is 2. The van der Waals surface area contributed by atoms with E-state index < -0.39 is 0 Å². The molecule has 3 nitrogen and oxygen atoms in total. The average Bonchev–Trinajstić information content (AvgIpc) is 2.67. The van der Waals surface area contributed by atoms with Gasteiger partial charge in [-0.25, -0.2) is 0 Å². The molecule has 0 amide bonds. The number of phenolic OH excluding ortho intramolecular Hbond substituents is 1. The molecule has 3 aromatic carbocycles. The van der Waals surface area contributed by atoms with Crippen LogP contribution < -0.4 is 0 Å². The lowest BCUT2D eigenvalue weighted by molar-refractivity contribution is 0.103. The first-order chi connectivity index (χ1) is 13.0. The van der Waals surface area contributed by atoms with Gasteiger partial charge >= 0.3 is 0 Å². The molecule has 0 fully saturated rings. The summed E-state index contributed by atoms with van der Waals surface area (Å²) in [5.74, 6) is -0.187. The molecule has 0 aliphatic heterocycles. The van der Waals surface area contributed by atoms with Crippen molar-refractivity contribution in [3.8, 4) is 5.75 Å². The predicted octanol–water partition coefficient (Wildman–Crippen LogP) is 4.87. The van der Waals surface area contributed by atoms with Crippen molar-refractivity contribution in [2.45, 2.75) is 13.8 Å². The fourth-order valence-corrected chi connectivity index (χ4v) is 3.57. The van der Waals surface area contributed by atoms with E-state index in [-0.39, 0.29) is 17.3 Å². The molecule has 0 unspecified atom stereocenters. The molecule has 0 radical (unpaired) electrons. The molecule has 3 heteroatoms. The molecule has 0 heterocycles. The van der Waals surface area contributed by atoms with Crippen LogP contribution in [0.15, 0.2) is 66.7 Å². The van der Waals surface area contributed by atoms with E-state index in [9.17, 15) is 14.7 Å². The topological polar surface area (TPSA) is 54.4 Å². The lowest BCUT2D eigenvalue weighted by Gasteiger charge is -2.24. The first-order valence-electron chi connectivity index (χ1n) is 8.77. The van der Waals surface area contributed by atoms with Gasteiger partial charge in [0.15, 0.2) is 11.6 Å². The summed E-state index contributed by atoms with van der Waals surface area (Å²) in [6.45, 7) is 3.97. The van der Waals surface area contributed by atoms with Gasteiger partial charge in [0.2, 0.25) is 0 Å². The minimum atomic E-state index is -0.211. The van der Waals surface area contributed by atoms with E-state index in [1.54, 1.807) is 24.3 Å². The number of fused-ring (bicyclic) bond motifs is 2. The molecule has 0 atom stereocenters. The number of aromatic hydroxyl groups is 1. The van der Waals surface area contributed by atoms with Crippen LogP contribution in [-0.4, -0.2) is 16.7 Å². The largest absolute Gasteiger partial charge is 0.508 e. The molecular weight excluding hydrogens is 336 g/mol. The Morgan fingerprint density at radius 3 is 2.37 bits per heavy atom. The molecule has 0 spiro atoms. The van der Waals surface area contributed by atoms with Crippen LogP contribution in [0.5, 0.6) is 5.75 Å². The van der Waals surface area contributed by atoms with Gasteiger partial charge in [-0.05, 0) is 59.9 Å². The van der Waals surface area contributed by atoms with Crippen LogP contribution in [0.4, 0.5) is 0 Å². The zero-order valence-corrected chi connectivity index (χ0v) is 15.1. The van der Waals surface area contributed by atoms with Crippen molar-refractivity contribution in [2.75, 3.05) is 0 Å². The van der Waals surface area contributed by atoms with Crippen molar-refractivity contribution in [3.05, 3.63) is 106 Å². The molecule has 4 rings (SSSR count). The van der Waals surface area contributed by atoms with E-state index in [1.807, 2.05) is 44.2 Å². The third-order valence-electron chi connectivity index (χ3n) is 5.12. The van der Waals surface area contributed by atoms with E-state index >= 15 is 0 Å². The van der Waals surface area contributed by atoms with Gasteiger partial charge in [0.25, 0.3) is 0 Å². The molecule has 0 saturated heterocycles. The van der Waals surface area contributed by atoms with Crippen LogP contribution >= 0.6 is 0 Å². The number of benzene rings is 3. The summed E-state index contributed by atoms with van der Waals surface area (Å²) in [6, 6.07) is 17.4. The normalized spacial score (nSPS) is 14.0. The fraction of sp³-hybridized carbons (Fsp3) is 0.0833. The Balaban J connectivity index is 1.98. The molecule has 0 saturated carbocycles. The van der Waals surface area contributed by atoms with E-state index in [4.69, 9.17) is 0 Å². The smallest absolute Gasteiger partial charge is 0.194 e. The molecular formula is C24H18O3. The molecule has 1 N–H and O–H groups in total. The third kappa shape index (κ3) is 2.77. The van der Waals surface area contributed by atoms with Gasteiger partial charge in [-0.15, -0.1) is 0 Å². The van der Waals surface area contributed by atoms with Gasteiger partial charge in [0.05, 0.1) is 0 Å². The van der Waals surface area contributed by atoms with Gasteiger partial charge in [0, 0.05) is 16.7 Å². The quantitative estimate of drug-likeness (QED) is 0.413. The second-order valence-corrected chi connectivity index (χ2v) is 6.78. The second kappa shape index (κ2) is 6.36. The summed E-state index contributed by atoms with van der Waals surface area (Å²) in [5, 5.41) is 9.68. The summed E-state index contributed by atoms with van der Waals surface area (Å²) in [5.41, 5.74) is 6.00. The highest BCUT2D eigenvalue weighted by Crippen LogP contribution is 2.38. The Bertz CT molecular complexity index is 1140. The Labute approximate surface area is 157 Å². The number of carbonyl (C=O) groups excluding carboxylic acids is 2. The average molecular weight is 354 g/mol. The summed E-state index contributed by atoms with van der Waals surface area (Å²) < 4.78 is 0. The fourth-order valence-electron chi connectivity index (χ4n) is 3.57. The first kappa shape index (κ1) is 17.0. The van der Waals surface area contributed by atoms with Crippen LogP contribution in [0.2, 0.25) is 0 Å². The van der Waals surface area contributed by atoms with Gasteiger partial charge in [0.1, 0.15) is 5.75 Å².